The van der Waals surface area contributed by atoms with Crippen LogP contribution < -0.4 is 5.32 Å². The fourth-order valence-corrected chi connectivity index (χ4v) is 3.35. The van der Waals surface area contributed by atoms with Gasteiger partial charge in [0.05, 0.1) is 11.2 Å². The van der Waals surface area contributed by atoms with E-state index in [1.807, 2.05) is 4.90 Å². The monoisotopic (exact) mass is 282 g/mol. The number of nitrogens with zero attached hydrogens (tertiary/aromatic N) is 3. The van der Waals surface area contributed by atoms with E-state index in [-0.39, 0.29) is 12.5 Å². The molecular weight excluding hydrogens is 264 g/mol. The molecule has 104 valence electrons. The second-order valence-corrected chi connectivity index (χ2v) is 6.14. The van der Waals surface area contributed by atoms with Crippen LogP contribution in [0, 0.1) is 5.41 Å². The standard InChI is InChI=1S/C13H19ClN4O/c14-11-6-16-18(7-11)8-12(19)17-5-3-13(10-17)2-1-4-15-9-13/h6-7,15H,1-5,8-10H2. The molecule has 19 heavy (non-hydrogen) atoms. The highest BCUT2D eigenvalue weighted by atomic mass is 35.5. The molecule has 3 heterocycles. The zero-order valence-electron chi connectivity index (χ0n) is 10.9. The molecule has 0 radical (unpaired) electrons. The molecule has 1 spiro atoms. The lowest BCUT2D eigenvalue weighted by Gasteiger charge is -2.33. The van der Waals surface area contributed by atoms with Gasteiger partial charge < -0.3 is 10.2 Å². The quantitative estimate of drug-likeness (QED) is 0.885. The molecule has 1 amide bonds. The van der Waals surface area contributed by atoms with E-state index in [0.29, 0.717) is 10.4 Å². The molecule has 2 aliphatic heterocycles. The molecule has 1 unspecified atom stereocenters. The van der Waals surface area contributed by atoms with Crippen molar-refractivity contribution in [3.63, 3.8) is 0 Å². The first-order valence-electron chi connectivity index (χ1n) is 6.83. The van der Waals surface area contributed by atoms with Gasteiger partial charge in [0.25, 0.3) is 0 Å². The van der Waals surface area contributed by atoms with E-state index in [9.17, 15) is 4.79 Å². The number of carbonyl (C=O) groups excluding carboxylic acids is 1. The van der Waals surface area contributed by atoms with E-state index in [4.69, 9.17) is 11.6 Å². The van der Waals surface area contributed by atoms with Crippen molar-refractivity contribution in [2.24, 2.45) is 5.41 Å². The van der Waals surface area contributed by atoms with Gasteiger partial charge in [-0.2, -0.15) is 5.10 Å². The molecule has 0 aromatic carbocycles. The van der Waals surface area contributed by atoms with Crippen LogP contribution in [-0.4, -0.2) is 46.8 Å². The zero-order chi connectivity index (χ0) is 13.3. The maximum atomic E-state index is 12.3. The van der Waals surface area contributed by atoms with Gasteiger partial charge in [-0.25, -0.2) is 0 Å². The summed E-state index contributed by atoms with van der Waals surface area (Å²) < 4.78 is 1.61. The first-order valence-corrected chi connectivity index (χ1v) is 7.21. The summed E-state index contributed by atoms with van der Waals surface area (Å²) in [6.07, 6.45) is 6.82. The van der Waals surface area contributed by atoms with Crippen LogP contribution in [0.4, 0.5) is 0 Å². The first-order chi connectivity index (χ1) is 9.17. The average molecular weight is 283 g/mol. The summed E-state index contributed by atoms with van der Waals surface area (Å²) in [6, 6.07) is 0. The number of halogens is 1. The normalized spacial score (nSPS) is 27.1. The lowest BCUT2D eigenvalue weighted by Crippen LogP contribution is -2.43. The van der Waals surface area contributed by atoms with Crippen molar-refractivity contribution in [1.29, 1.82) is 0 Å². The molecule has 0 aliphatic carbocycles. The Bertz CT molecular complexity index is 467. The van der Waals surface area contributed by atoms with Crippen molar-refractivity contribution in [3.05, 3.63) is 17.4 Å². The molecule has 1 aromatic heterocycles. The lowest BCUT2D eigenvalue weighted by molar-refractivity contribution is -0.131. The Labute approximate surface area is 117 Å². The minimum Gasteiger partial charge on any atom is -0.340 e. The SMILES string of the molecule is O=C(Cn1cc(Cl)cn1)N1CCC2(CCCNC2)C1. The van der Waals surface area contributed by atoms with Gasteiger partial charge in [-0.05, 0) is 25.8 Å². The van der Waals surface area contributed by atoms with Gasteiger partial charge >= 0.3 is 0 Å². The number of rotatable bonds is 2. The molecule has 3 rings (SSSR count). The van der Waals surface area contributed by atoms with Gasteiger partial charge in [-0.3, -0.25) is 9.48 Å². The van der Waals surface area contributed by atoms with Crippen molar-refractivity contribution < 1.29 is 4.79 Å². The van der Waals surface area contributed by atoms with Crippen LogP contribution in [0.2, 0.25) is 5.02 Å². The minimum atomic E-state index is 0.141. The molecule has 6 heteroatoms. The summed E-state index contributed by atoms with van der Waals surface area (Å²) in [5.74, 6) is 0.141. The number of hydrogen-bond donors (Lipinski definition) is 1. The molecule has 1 atom stereocenters. The van der Waals surface area contributed by atoms with Gasteiger partial charge in [0, 0.05) is 31.2 Å². The number of amides is 1. The number of nitrogens with one attached hydrogen (secondary N) is 1. The van der Waals surface area contributed by atoms with Crippen molar-refractivity contribution in [2.45, 2.75) is 25.8 Å². The minimum absolute atomic E-state index is 0.141. The lowest BCUT2D eigenvalue weighted by atomic mass is 9.80. The summed E-state index contributed by atoms with van der Waals surface area (Å²) in [5.41, 5.74) is 0.315. The summed E-state index contributed by atoms with van der Waals surface area (Å²) in [6.45, 7) is 4.20. The largest absolute Gasteiger partial charge is 0.340 e. The molecule has 5 nitrogen and oxygen atoms in total. The van der Waals surface area contributed by atoms with Crippen LogP contribution in [0.25, 0.3) is 0 Å². The van der Waals surface area contributed by atoms with Gasteiger partial charge in [0.2, 0.25) is 5.91 Å². The predicted octanol–water partition coefficient (Wildman–Crippen LogP) is 1.14. The molecule has 1 N–H and O–H groups in total. The van der Waals surface area contributed by atoms with Gasteiger partial charge in [0.1, 0.15) is 6.54 Å². The number of hydrogen-bond acceptors (Lipinski definition) is 3. The van der Waals surface area contributed by atoms with E-state index in [0.717, 1.165) is 32.6 Å². The molecule has 0 bridgehead atoms. The van der Waals surface area contributed by atoms with E-state index in [1.54, 1.807) is 17.1 Å². The second-order valence-electron chi connectivity index (χ2n) is 5.70. The number of piperidine rings is 1. The van der Waals surface area contributed by atoms with Crippen molar-refractivity contribution in [1.82, 2.24) is 20.0 Å². The topological polar surface area (TPSA) is 50.2 Å². The Morgan fingerprint density at radius 1 is 1.53 bits per heavy atom. The Kier molecular flexibility index (Phi) is 3.50. The van der Waals surface area contributed by atoms with Gasteiger partial charge in [0.15, 0.2) is 0 Å². The van der Waals surface area contributed by atoms with Crippen LogP contribution in [0.5, 0.6) is 0 Å². The van der Waals surface area contributed by atoms with E-state index >= 15 is 0 Å². The second kappa shape index (κ2) is 5.13. The smallest absolute Gasteiger partial charge is 0.244 e. The fraction of sp³-hybridized carbons (Fsp3) is 0.692. The van der Waals surface area contributed by atoms with Gasteiger partial charge in [-0.1, -0.05) is 11.6 Å². The molecular formula is C13H19ClN4O. The van der Waals surface area contributed by atoms with Crippen LogP contribution in [0.3, 0.4) is 0 Å². The summed E-state index contributed by atoms with van der Waals surface area (Å²) in [7, 11) is 0. The highest BCUT2D eigenvalue weighted by Gasteiger charge is 2.40. The average Bonchev–Trinajstić information content (AvgIpc) is 2.98. The molecule has 1 aromatic rings. The number of aromatic nitrogens is 2. The predicted molar refractivity (Wildman–Crippen MR) is 73.0 cm³/mol. The van der Waals surface area contributed by atoms with E-state index in [1.165, 1.54) is 12.8 Å². The Morgan fingerprint density at radius 3 is 3.11 bits per heavy atom. The Hall–Kier alpha value is -1.07. The summed E-state index contributed by atoms with van der Waals surface area (Å²) in [5, 5.41) is 8.08. The highest BCUT2D eigenvalue weighted by molar-refractivity contribution is 6.30. The van der Waals surface area contributed by atoms with E-state index in [2.05, 4.69) is 10.4 Å². The van der Waals surface area contributed by atoms with Crippen molar-refractivity contribution >= 4 is 17.5 Å². The third-order valence-corrected chi connectivity index (χ3v) is 4.45. The Morgan fingerprint density at radius 2 is 2.42 bits per heavy atom. The highest BCUT2D eigenvalue weighted by Crippen LogP contribution is 2.36. The molecule has 2 aliphatic rings. The molecule has 0 saturated carbocycles. The third-order valence-electron chi connectivity index (χ3n) is 4.25. The summed E-state index contributed by atoms with van der Waals surface area (Å²) >= 11 is 5.80. The van der Waals surface area contributed by atoms with Crippen LogP contribution in [-0.2, 0) is 11.3 Å². The Balaban J connectivity index is 1.59. The molecule has 2 saturated heterocycles. The number of likely N-dealkylation sites (tertiary alicyclic amines) is 1. The maximum Gasteiger partial charge on any atom is 0.244 e. The fourth-order valence-electron chi connectivity index (χ4n) is 3.19. The van der Waals surface area contributed by atoms with Gasteiger partial charge in [-0.15, -0.1) is 0 Å². The van der Waals surface area contributed by atoms with Crippen molar-refractivity contribution in [2.75, 3.05) is 26.2 Å². The van der Waals surface area contributed by atoms with Crippen LogP contribution in [0.15, 0.2) is 12.4 Å². The maximum absolute atomic E-state index is 12.3. The third kappa shape index (κ3) is 2.77. The molecule has 2 fully saturated rings. The van der Waals surface area contributed by atoms with Crippen molar-refractivity contribution in [3.8, 4) is 0 Å². The first kappa shape index (κ1) is 12.9. The van der Waals surface area contributed by atoms with Crippen LogP contribution >= 0.6 is 11.6 Å². The van der Waals surface area contributed by atoms with E-state index < -0.39 is 0 Å². The zero-order valence-corrected chi connectivity index (χ0v) is 11.7. The number of carbonyl (C=O) groups is 1. The summed E-state index contributed by atoms with van der Waals surface area (Å²) in [4.78, 5) is 14.2. The van der Waals surface area contributed by atoms with Crippen LogP contribution in [0.1, 0.15) is 19.3 Å².